The summed E-state index contributed by atoms with van der Waals surface area (Å²) in [5.41, 5.74) is 2.23. The number of hydrogen-bond donors (Lipinski definition) is 0. The number of nitrogens with zero attached hydrogens (tertiary/aromatic N) is 3. The number of hydrogen-bond acceptors (Lipinski definition) is 4. The Labute approximate surface area is 173 Å². The lowest BCUT2D eigenvalue weighted by Gasteiger charge is -2.33. The van der Waals surface area contributed by atoms with Crippen LogP contribution < -0.4 is 4.74 Å². The quantitative estimate of drug-likeness (QED) is 0.779. The van der Waals surface area contributed by atoms with Crippen LogP contribution in [-0.4, -0.2) is 59.4 Å². The summed E-state index contributed by atoms with van der Waals surface area (Å²) in [5.74, 6) is 1.41. The van der Waals surface area contributed by atoms with Gasteiger partial charge in [0.05, 0.1) is 6.61 Å². The molecule has 1 amide bonds. The van der Waals surface area contributed by atoms with E-state index in [-0.39, 0.29) is 6.09 Å². The Morgan fingerprint density at radius 1 is 1.10 bits per heavy atom. The fraction of sp³-hybridized carbons (Fsp3) is 0.609. The van der Waals surface area contributed by atoms with Crippen LogP contribution in [0.5, 0.6) is 5.75 Å². The molecular formula is C23H33N3O3. The van der Waals surface area contributed by atoms with Crippen molar-refractivity contribution in [1.82, 2.24) is 14.4 Å². The van der Waals surface area contributed by atoms with Gasteiger partial charge in [0.2, 0.25) is 0 Å². The standard InChI is InChI=1S/C23H33N3O3/c1-23(2,3)29-22(27)25-9-7-17(8-10-25)16-28-20-5-6-21-18(14-20)13-19-15-24(4)11-12-26(19)21/h5-6,13-14,17H,7-12,15-16H2,1-4H3. The molecule has 29 heavy (non-hydrogen) atoms. The lowest BCUT2D eigenvalue weighted by Crippen LogP contribution is -2.42. The highest BCUT2D eigenvalue weighted by Crippen LogP contribution is 2.28. The highest BCUT2D eigenvalue weighted by Gasteiger charge is 2.27. The Kier molecular flexibility index (Phi) is 5.47. The highest BCUT2D eigenvalue weighted by atomic mass is 16.6. The van der Waals surface area contributed by atoms with E-state index < -0.39 is 5.60 Å². The zero-order valence-electron chi connectivity index (χ0n) is 18.1. The van der Waals surface area contributed by atoms with E-state index in [1.54, 1.807) is 0 Å². The Balaban J connectivity index is 1.31. The second-order valence-corrected chi connectivity index (χ2v) is 9.47. The van der Waals surface area contributed by atoms with E-state index in [2.05, 4.69) is 40.8 Å². The largest absolute Gasteiger partial charge is 0.493 e. The first-order valence-corrected chi connectivity index (χ1v) is 10.7. The zero-order valence-corrected chi connectivity index (χ0v) is 18.1. The van der Waals surface area contributed by atoms with Crippen molar-refractivity contribution in [3.8, 4) is 5.75 Å². The maximum atomic E-state index is 12.2. The average molecular weight is 400 g/mol. The van der Waals surface area contributed by atoms with E-state index in [1.807, 2.05) is 25.7 Å². The predicted octanol–water partition coefficient (Wildman–Crippen LogP) is 4.11. The van der Waals surface area contributed by atoms with Crippen LogP contribution in [0, 0.1) is 5.92 Å². The van der Waals surface area contributed by atoms with E-state index in [0.29, 0.717) is 12.5 Å². The summed E-state index contributed by atoms with van der Waals surface area (Å²) in [6.07, 6.45) is 1.70. The Morgan fingerprint density at radius 2 is 1.86 bits per heavy atom. The summed E-state index contributed by atoms with van der Waals surface area (Å²) >= 11 is 0. The van der Waals surface area contributed by atoms with Crippen molar-refractivity contribution in [3.05, 3.63) is 30.0 Å². The number of ether oxygens (including phenoxy) is 2. The Morgan fingerprint density at radius 3 is 2.59 bits per heavy atom. The van der Waals surface area contributed by atoms with Crippen LogP contribution in [0.3, 0.4) is 0 Å². The molecular weight excluding hydrogens is 366 g/mol. The van der Waals surface area contributed by atoms with Crippen LogP contribution in [0.15, 0.2) is 24.3 Å². The molecule has 0 spiro atoms. The summed E-state index contributed by atoms with van der Waals surface area (Å²) in [6, 6.07) is 8.72. The van der Waals surface area contributed by atoms with E-state index in [9.17, 15) is 4.79 Å². The summed E-state index contributed by atoms with van der Waals surface area (Å²) in [4.78, 5) is 16.4. The Bertz CT molecular complexity index is 875. The number of carbonyl (C=O) groups excluding carboxylic acids is 1. The number of amides is 1. The second kappa shape index (κ2) is 7.90. The van der Waals surface area contributed by atoms with E-state index in [1.165, 1.54) is 16.6 Å². The first-order chi connectivity index (χ1) is 13.8. The van der Waals surface area contributed by atoms with Gasteiger partial charge in [-0.3, -0.25) is 4.90 Å². The lowest BCUT2D eigenvalue weighted by atomic mass is 9.98. The third-order valence-corrected chi connectivity index (χ3v) is 5.85. The van der Waals surface area contributed by atoms with Gasteiger partial charge in [-0.2, -0.15) is 0 Å². The van der Waals surface area contributed by atoms with Crippen molar-refractivity contribution in [1.29, 1.82) is 0 Å². The predicted molar refractivity (Wildman–Crippen MR) is 114 cm³/mol. The monoisotopic (exact) mass is 399 g/mol. The number of likely N-dealkylation sites (tertiary alicyclic amines) is 1. The van der Waals surface area contributed by atoms with Gasteiger partial charge in [-0.15, -0.1) is 0 Å². The molecule has 0 aliphatic carbocycles. The molecule has 6 nitrogen and oxygen atoms in total. The van der Waals surface area contributed by atoms with E-state index >= 15 is 0 Å². The zero-order chi connectivity index (χ0) is 20.6. The molecule has 0 unspecified atom stereocenters. The van der Waals surface area contributed by atoms with Gasteiger partial charge in [0.25, 0.3) is 0 Å². The van der Waals surface area contributed by atoms with Crippen molar-refractivity contribution in [2.45, 2.75) is 52.3 Å². The fourth-order valence-corrected chi connectivity index (χ4v) is 4.24. The second-order valence-electron chi connectivity index (χ2n) is 9.47. The number of piperidine rings is 1. The van der Waals surface area contributed by atoms with E-state index in [4.69, 9.17) is 9.47 Å². The molecule has 4 rings (SSSR count). The molecule has 2 aliphatic heterocycles. The molecule has 2 aliphatic rings. The Hall–Kier alpha value is -2.21. The number of rotatable bonds is 3. The molecule has 158 valence electrons. The molecule has 1 saturated heterocycles. The highest BCUT2D eigenvalue weighted by molar-refractivity contribution is 5.83. The number of benzene rings is 1. The van der Waals surface area contributed by atoms with Crippen LogP contribution in [0.2, 0.25) is 0 Å². The molecule has 1 aromatic heterocycles. The molecule has 6 heteroatoms. The van der Waals surface area contributed by atoms with Gasteiger partial charge in [-0.05, 0) is 70.8 Å². The van der Waals surface area contributed by atoms with Crippen molar-refractivity contribution in [2.75, 3.05) is 33.3 Å². The molecule has 0 atom stereocenters. The van der Waals surface area contributed by atoms with Crippen LogP contribution >= 0.6 is 0 Å². The topological polar surface area (TPSA) is 46.9 Å². The summed E-state index contributed by atoms with van der Waals surface area (Å²) in [7, 11) is 2.17. The molecule has 0 radical (unpaired) electrons. The first kappa shape index (κ1) is 20.1. The molecule has 2 aromatic rings. The number of aromatic nitrogens is 1. The lowest BCUT2D eigenvalue weighted by molar-refractivity contribution is 0.0165. The van der Waals surface area contributed by atoms with Crippen LogP contribution in [-0.2, 0) is 17.8 Å². The van der Waals surface area contributed by atoms with Crippen molar-refractivity contribution >= 4 is 17.0 Å². The van der Waals surface area contributed by atoms with Gasteiger partial charge in [0, 0.05) is 49.3 Å². The SMILES string of the molecule is CN1CCn2c(cc3cc(OCC4CCN(C(=O)OC(C)(C)C)CC4)ccc32)C1. The number of likely N-dealkylation sites (N-methyl/N-ethyl adjacent to an activating group) is 1. The third kappa shape index (κ3) is 4.69. The average Bonchev–Trinajstić information content (AvgIpc) is 3.02. The molecule has 0 saturated carbocycles. The molecule has 1 fully saturated rings. The fourth-order valence-electron chi connectivity index (χ4n) is 4.24. The van der Waals surface area contributed by atoms with Gasteiger partial charge in [0.15, 0.2) is 0 Å². The van der Waals surface area contributed by atoms with Crippen LogP contribution in [0.1, 0.15) is 39.3 Å². The van der Waals surface area contributed by atoms with Crippen LogP contribution in [0.25, 0.3) is 10.9 Å². The molecule has 0 N–H and O–H groups in total. The van der Waals surface area contributed by atoms with Crippen molar-refractivity contribution in [2.24, 2.45) is 5.92 Å². The minimum atomic E-state index is -0.441. The maximum absolute atomic E-state index is 12.2. The number of carbonyl (C=O) groups is 1. The summed E-state index contributed by atoms with van der Waals surface area (Å²) in [5, 5.41) is 1.26. The maximum Gasteiger partial charge on any atom is 0.410 e. The minimum absolute atomic E-state index is 0.203. The van der Waals surface area contributed by atoms with Crippen molar-refractivity contribution < 1.29 is 14.3 Å². The third-order valence-electron chi connectivity index (χ3n) is 5.85. The normalized spacial score (nSPS) is 18.7. The molecule has 3 heterocycles. The van der Waals surface area contributed by atoms with Crippen LogP contribution in [0.4, 0.5) is 4.79 Å². The van der Waals surface area contributed by atoms with E-state index in [0.717, 1.165) is 51.3 Å². The van der Waals surface area contributed by atoms with Gasteiger partial charge in [0.1, 0.15) is 11.4 Å². The summed E-state index contributed by atoms with van der Waals surface area (Å²) in [6.45, 7) is 11.0. The van der Waals surface area contributed by atoms with Crippen molar-refractivity contribution in [3.63, 3.8) is 0 Å². The number of fused-ring (bicyclic) bond motifs is 3. The molecule has 1 aromatic carbocycles. The van der Waals surface area contributed by atoms with Gasteiger partial charge in [-0.1, -0.05) is 0 Å². The first-order valence-electron chi connectivity index (χ1n) is 10.7. The molecule has 0 bridgehead atoms. The van der Waals surface area contributed by atoms with Gasteiger partial charge < -0.3 is 18.9 Å². The minimum Gasteiger partial charge on any atom is -0.493 e. The van der Waals surface area contributed by atoms with Gasteiger partial charge >= 0.3 is 6.09 Å². The summed E-state index contributed by atoms with van der Waals surface area (Å²) < 4.78 is 14.0. The smallest absolute Gasteiger partial charge is 0.410 e. The van der Waals surface area contributed by atoms with Gasteiger partial charge in [-0.25, -0.2) is 4.79 Å².